The predicted octanol–water partition coefficient (Wildman–Crippen LogP) is 3.40. The van der Waals surface area contributed by atoms with E-state index in [4.69, 9.17) is 5.73 Å². The SMILES string of the molecule is Cc1cc(F)ccc1Nc1ncnc2cc(N)ccc12. The number of aromatic nitrogens is 2. The molecule has 0 bridgehead atoms. The number of halogens is 1. The number of aryl methyl sites for hydroxylation is 1. The van der Waals surface area contributed by atoms with E-state index in [0.29, 0.717) is 11.5 Å². The van der Waals surface area contributed by atoms with E-state index in [9.17, 15) is 4.39 Å². The van der Waals surface area contributed by atoms with Crippen LogP contribution in [0.15, 0.2) is 42.7 Å². The molecular formula is C15H13FN4. The molecule has 3 rings (SSSR count). The highest BCUT2D eigenvalue weighted by atomic mass is 19.1. The Morgan fingerprint density at radius 1 is 1.10 bits per heavy atom. The number of nitrogens with zero attached hydrogens (tertiary/aromatic N) is 2. The molecule has 2 aromatic carbocycles. The van der Waals surface area contributed by atoms with E-state index < -0.39 is 0 Å². The molecule has 0 aliphatic rings. The minimum Gasteiger partial charge on any atom is -0.399 e. The molecule has 0 aliphatic heterocycles. The van der Waals surface area contributed by atoms with Crippen molar-refractivity contribution in [3.05, 3.63) is 54.1 Å². The van der Waals surface area contributed by atoms with Crippen LogP contribution in [0.1, 0.15) is 5.56 Å². The van der Waals surface area contributed by atoms with Crippen LogP contribution in [0.25, 0.3) is 10.9 Å². The molecule has 1 aromatic heterocycles. The fourth-order valence-electron chi connectivity index (χ4n) is 2.07. The Labute approximate surface area is 115 Å². The summed E-state index contributed by atoms with van der Waals surface area (Å²) >= 11 is 0. The van der Waals surface area contributed by atoms with Gasteiger partial charge in [0.2, 0.25) is 0 Å². The first-order valence-corrected chi connectivity index (χ1v) is 6.17. The van der Waals surface area contributed by atoms with Gasteiger partial charge in [0.25, 0.3) is 0 Å². The topological polar surface area (TPSA) is 63.8 Å². The summed E-state index contributed by atoms with van der Waals surface area (Å²) in [5, 5.41) is 4.07. The van der Waals surface area contributed by atoms with Crippen molar-refractivity contribution in [1.82, 2.24) is 9.97 Å². The number of rotatable bonds is 2. The van der Waals surface area contributed by atoms with E-state index >= 15 is 0 Å². The molecule has 3 aromatic rings. The second-order valence-electron chi connectivity index (χ2n) is 4.58. The second-order valence-corrected chi connectivity index (χ2v) is 4.58. The first kappa shape index (κ1) is 12.3. The molecule has 0 aliphatic carbocycles. The summed E-state index contributed by atoms with van der Waals surface area (Å²) in [6.07, 6.45) is 1.48. The fourth-order valence-corrected chi connectivity index (χ4v) is 2.07. The van der Waals surface area contributed by atoms with Crippen LogP contribution in [-0.2, 0) is 0 Å². The molecule has 20 heavy (non-hydrogen) atoms. The lowest BCUT2D eigenvalue weighted by molar-refractivity contribution is 0.627. The Morgan fingerprint density at radius 3 is 2.75 bits per heavy atom. The van der Waals surface area contributed by atoms with Gasteiger partial charge in [0.1, 0.15) is 18.0 Å². The van der Waals surface area contributed by atoms with Crippen molar-refractivity contribution in [1.29, 1.82) is 0 Å². The largest absolute Gasteiger partial charge is 0.399 e. The van der Waals surface area contributed by atoms with Crippen LogP contribution in [0.2, 0.25) is 0 Å². The van der Waals surface area contributed by atoms with Gasteiger partial charge in [0.05, 0.1) is 5.52 Å². The maximum absolute atomic E-state index is 13.1. The maximum atomic E-state index is 13.1. The predicted molar refractivity (Wildman–Crippen MR) is 78.4 cm³/mol. The van der Waals surface area contributed by atoms with Crippen LogP contribution < -0.4 is 11.1 Å². The Bertz CT molecular complexity index is 786. The highest BCUT2D eigenvalue weighted by molar-refractivity contribution is 5.92. The van der Waals surface area contributed by atoms with Gasteiger partial charge in [-0.15, -0.1) is 0 Å². The number of anilines is 3. The van der Waals surface area contributed by atoms with Gasteiger partial charge >= 0.3 is 0 Å². The number of benzene rings is 2. The maximum Gasteiger partial charge on any atom is 0.141 e. The highest BCUT2D eigenvalue weighted by Crippen LogP contribution is 2.26. The normalized spacial score (nSPS) is 10.7. The van der Waals surface area contributed by atoms with Crippen molar-refractivity contribution in [2.45, 2.75) is 6.92 Å². The van der Waals surface area contributed by atoms with Crippen molar-refractivity contribution in [2.24, 2.45) is 0 Å². The summed E-state index contributed by atoms with van der Waals surface area (Å²) in [4.78, 5) is 8.43. The third-order valence-corrected chi connectivity index (χ3v) is 3.10. The van der Waals surface area contributed by atoms with E-state index in [1.807, 2.05) is 13.0 Å². The molecule has 0 saturated heterocycles. The van der Waals surface area contributed by atoms with E-state index in [1.165, 1.54) is 18.5 Å². The van der Waals surface area contributed by atoms with Gasteiger partial charge in [0, 0.05) is 16.8 Å². The van der Waals surface area contributed by atoms with Gasteiger partial charge in [-0.25, -0.2) is 14.4 Å². The smallest absolute Gasteiger partial charge is 0.141 e. The molecule has 3 N–H and O–H groups in total. The molecule has 0 unspecified atom stereocenters. The molecule has 4 nitrogen and oxygen atoms in total. The molecule has 0 radical (unpaired) electrons. The van der Waals surface area contributed by atoms with Crippen molar-refractivity contribution in [2.75, 3.05) is 11.1 Å². The van der Waals surface area contributed by atoms with Crippen molar-refractivity contribution < 1.29 is 4.39 Å². The summed E-state index contributed by atoms with van der Waals surface area (Å²) in [5.41, 5.74) is 8.78. The Balaban J connectivity index is 2.06. The quantitative estimate of drug-likeness (QED) is 0.699. The minimum atomic E-state index is -0.256. The lowest BCUT2D eigenvalue weighted by Gasteiger charge is -2.11. The average molecular weight is 268 g/mol. The Morgan fingerprint density at radius 2 is 1.95 bits per heavy atom. The Kier molecular flexibility index (Phi) is 2.95. The van der Waals surface area contributed by atoms with E-state index in [0.717, 1.165) is 22.2 Å². The number of hydrogen-bond acceptors (Lipinski definition) is 4. The number of nitrogens with one attached hydrogen (secondary N) is 1. The van der Waals surface area contributed by atoms with Crippen LogP contribution in [0.3, 0.4) is 0 Å². The van der Waals surface area contributed by atoms with Gasteiger partial charge in [0.15, 0.2) is 0 Å². The minimum absolute atomic E-state index is 0.256. The van der Waals surface area contributed by atoms with E-state index in [1.54, 1.807) is 18.2 Å². The number of nitrogens with two attached hydrogens (primary N) is 1. The fraction of sp³-hybridized carbons (Fsp3) is 0.0667. The van der Waals surface area contributed by atoms with Crippen LogP contribution in [0, 0.1) is 12.7 Å². The summed E-state index contributed by atoms with van der Waals surface area (Å²) in [7, 11) is 0. The molecule has 0 amide bonds. The Hall–Kier alpha value is -2.69. The van der Waals surface area contributed by atoms with E-state index in [2.05, 4.69) is 15.3 Å². The first-order chi connectivity index (χ1) is 9.63. The molecule has 1 heterocycles. The molecule has 0 saturated carbocycles. The van der Waals surface area contributed by atoms with Crippen molar-refractivity contribution in [3.63, 3.8) is 0 Å². The summed E-state index contributed by atoms with van der Waals surface area (Å²) in [6.45, 7) is 1.84. The summed E-state index contributed by atoms with van der Waals surface area (Å²) < 4.78 is 13.1. The van der Waals surface area contributed by atoms with E-state index in [-0.39, 0.29) is 5.82 Å². The molecule has 5 heteroatoms. The van der Waals surface area contributed by atoms with Crippen LogP contribution >= 0.6 is 0 Å². The summed E-state index contributed by atoms with van der Waals surface area (Å²) in [6, 6.07) is 10.0. The van der Waals surface area contributed by atoms with Gasteiger partial charge in [-0.1, -0.05) is 0 Å². The van der Waals surface area contributed by atoms with Crippen LogP contribution in [-0.4, -0.2) is 9.97 Å². The molecule has 0 spiro atoms. The van der Waals surface area contributed by atoms with Crippen molar-refractivity contribution in [3.8, 4) is 0 Å². The van der Waals surface area contributed by atoms with Crippen LogP contribution in [0.4, 0.5) is 21.6 Å². The van der Waals surface area contributed by atoms with Crippen molar-refractivity contribution >= 4 is 28.1 Å². The molecule has 100 valence electrons. The standard InChI is InChI=1S/C15H13FN4/c1-9-6-10(16)2-5-13(9)20-15-12-4-3-11(17)7-14(12)18-8-19-15/h2-8H,17H2,1H3,(H,18,19,20). The summed E-state index contributed by atoms with van der Waals surface area (Å²) in [5.74, 6) is 0.415. The third-order valence-electron chi connectivity index (χ3n) is 3.10. The zero-order chi connectivity index (χ0) is 14.1. The van der Waals surface area contributed by atoms with Gasteiger partial charge < -0.3 is 11.1 Å². The molecule has 0 fully saturated rings. The molecule has 0 atom stereocenters. The zero-order valence-corrected chi connectivity index (χ0v) is 10.9. The monoisotopic (exact) mass is 268 g/mol. The lowest BCUT2D eigenvalue weighted by Crippen LogP contribution is -1.98. The second kappa shape index (κ2) is 4.77. The third kappa shape index (κ3) is 2.25. The lowest BCUT2D eigenvalue weighted by atomic mass is 10.1. The van der Waals surface area contributed by atoms with Crippen LogP contribution in [0.5, 0.6) is 0 Å². The number of nitrogen functional groups attached to an aromatic ring is 1. The number of fused-ring (bicyclic) bond motifs is 1. The molecular weight excluding hydrogens is 255 g/mol. The van der Waals surface area contributed by atoms with Gasteiger partial charge in [-0.3, -0.25) is 0 Å². The first-order valence-electron chi connectivity index (χ1n) is 6.17. The van der Waals surface area contributed by atoms with Gasteiger partial charge in [-0.05, 0) is 48.9 Å². The zero-order valence-electron chi connectivity index (χ0n) is 10.9. The average Bonchev–Trinajstić information content (AvgIpc) is 2.41. The van der Waals surface area contributed by atoms with Gasteiger partial charge in [-0.2, -0.15) is 0 Å². The number of hydrogen-bond donors (Lipinski definition) is 2. The highest BCUT2D eigenvalue weighted by Gasteiger charge is 2.06.